The van der Waals surface area contributed by atoms with Gasteiger partial charge in [0.15, 0.2) is 5.16 Å². The number of rotatable bonds is 8. The molecule has 0 aliphatic heterocycles. The Kier molecular flexibility index (Phi) is 7.04. The predicted octanol–water partition coefficient (Wildman–Crippen LogP) is 4.47. The predicted molar refractivity (Wildman–Crippen MR) is 114 cm³/mol. The Bertz CT molecular complexity index is 1030. The second-order valence-electron chi connectivity index (χ2n) is 6.45. The van der Waals surface area contributed by atoms with Crippen LogP contribution < -0.4 is 5.32 Å². The average molecular weight is 432 g/mol. The summed E-state index contributed by atoms with van der Waals surface area (Å²) in [6, 6.07) is 13.6. The summed E-state index contributed by atoms with van der Waals surface area (Å²) in [5.41, 5.74) is 2.21. The van der Waals surface area contributed by atoms with Crippen LogP contribution in [0.25, 0.3) is 11.0 Å². The van der Waals surface area contributed by atoms with Gasteiger partial charge < -0.3 is 14.8 Å². The highest BCUT2D eigenvalue weighted by Crippen LogP contribution is 2.28. The molecule has 1 N–H and O–H groups in total. The highest BCUT2D eigenvalue weighted by molar-refractivity contribution is 7.99. The molecule has 0 fully saturated rings. The van der Waals surface area contributed by atoms with Crippen LogP contribution in [0, 0.1) is 0 Å². The number of halogens is 2. The molecule has 1 heterocycles. The van der Waals surface area contributed by atoms with Gasteiger partial charge in [-0.1, -0.05) is 12.1 Å². The molecule has 0 aliphatic carbocycles. The molecule has 6 nitrogen and oxygen atoms in total. The third kappa shape index (κ3) is 4.96. The second kappa shape index (κ2) is 9.71. The number of para-hydroxylation sites is 2. The van der Waals surface area contributed by atoms with E-state index in [2.05, 4.69) is 10.3 Å². The number of carbonyl (C=O) groups excluding carboxylic acids is 2. The van der Waals surface area contributed by atoms with Crippen molar-refractivity contribution in [2.75, 3.05) is 18.4 Å². The molecule has 1 aromatic heterocycles. The van der Waals surface area contributed by atoms with Crippen LogP contribution in [0.1, 0.15) is 24.2 Å². The molecule has 158 valence electrons. The van der Waals surface area contributed by atoms with Crippen LogP contribution in [0.3, 0.4) is 0 Å². The fraction of sp³-hybridized carbons (Fsp3) is 0.286. The Morgan fingerprint density at radius 2 is 1.77 bits per heavy atom. The summed E-state index contributed by atoms with van der Waals surface area (Å²) in [4.78, 5) is 30.8. The number of alkyl halides is 2. The van der Waals surface area contributed by atoms with E-state index < -0.39 is 5.76 Å². The molecule has 30 heavy (non-hydrogen) atoms. The number of aromatic nitrogens is 2. The van der Waals surface area contributed by atoms with E-state index in [9.17, 15) is 18.4 Å². The number of carbonyl (C=O) groups is 2. The van der Waals surface area contributed by atoms with E-state index in [0.717, 1.165) is 0 Å². The highest BCUT2D eigenvalue weighted by atomic mass is 32.2. The molecule has 0 aliphatic rings. The fourth-order valence-corrected chi connectivity index (χ4v) is 3.71. The molecule has 0 saturated carbocycles. The zero-order valence-electron chi connectivity index (χ0n) is 16.6. The molecule has 3 rings (SSSR count). The van der Waals surface area contributed by atoms with E-state index in [0.29, 0.717) is 47.1 Å². The number of nitrogens with zero attached hydrogens (tertiary/aromatic N) is 3. The summed E-state index contributed by atoms with van der Waals surface area (Å²) in [7, 11) is 0. The first-order valence-electron chi connectivity index (χ1n) is 9.52. The lowest BCUT2D eigenvalue weighted by atomic mass is 10.1. The van der Waals surface area contributed by atoms with Gasteiger partial charge in [0.1, 0.15) is 6.54 Å². The van der Waals surface area contributed by atoms with E-state index in [1.165, 1.54) is 4.57 Å². The summed E-state index contributed by atoms with van der Waals surface area (Å²) >= 11 is 0.308. The van der Waals surface area contributed by atoms with Crippen molar-refractivity contribution in [2.24, 2.45) is 0 Å². The lowest BCUT2D eigenvalue weighted by Crippen LogP contribution is -2.30. The lowest BCUT2D eigenvalue weighted by Gasteiger charge is -2.18. The SMILES string of the molecule is CCN(CC)C(=O)c1ccc(NC(=O)Cn2c(SC(F)F)nc3ccccc32)cc1. The Morgan fingerprint density at radius 1 is 1.10 bits per heavy atom. The van der Waals surface area contributed by atoms with Crippen LogP contribution in [-0.4, -0.2) is 45.1 Å². The van der Waals surface area contributed by atoms with Crippen LogP contribution >= 0.6 is 11.8 Å². The van der Waals surface area contributed by atoms with Gasteiger partial charge in [0.25, 0.3) is 11.7 Å². The lowest BCUT2D eigenvalue weighted by molar-refractivity contribution is -0.116. The average Bonchev–Trinajstić information content (AvgIpc) is 3.05. The van der Waals surface area contributed by atoms with Gasteiger partial charge in [0.2, 0.25) is 5.91 Å². The van der Waals surface area contributed by atoms with E-state index in [1.807, 2.05) is 13.8 Å². The molecule has 2 amide bonds. The fourth-order valence-electron chi connectivity index (χ4n) is 3.11. The number of benzene rings is 2. The Hall–Kier alpha value is -2.94. The minimum atomic E-state index is -2.64. The van der Waals surface area contributed by atoms with Gasteiger partial charge >= 0.3 is 0 Å². The molecule has 0 bridgehead atoms. The minimum Gasteiger partial charge on any atom is -0.339 e. The van der Waals surface area contributed by atoms with E-state index >= 15 is 0 Å². The molecular formula is C21H22F2N4O2S. The summed E-state index contributed by atoms with van der Waals surface area (Å²) in [5, 5.41) is 2.82. The van der Waals surface area contributed by atoms with Crippen molar-refractivity contribution in [1.29, 1.82) is 0 Å². The zero-order chi connectivity index (χ0) is 21.7. The van der Waals surface area contributed by atoms with E-state index in [-0.39, 0.29) is 23.5 Å². The monoisotopic (exact) mass is 432 g/mol. The van der Waals surface area contributed by atoms with Gasteiger partial charge in [0.05, 0.1) is 11.0 Å². The van der Waals surface area contributed by atoms with Crippen LogP contribution in [-0.2, 0) is 11.3 Å². The molecular weight excluding hydrogens is 410 g/mol. The molecule has 0 spiro atoms. The Labute approximate surface area is 177 Å². The molecule has 0 unspecified atom stereocenters. The third-order valence-electron chi connectivity index (χ3n) is 4.58. The van der Waals surface area contributed by atoms with Crippen LogP contribution in [0.15, 0.2) is 53.7 Å². The molecule has 2 aromatic carbocycles. The first-order chi connectivity index (χ1) is 14.4. The number of fused-ring (bicyclic) bond motifs is 1. The summed E-state index contributed by atoms with van der Waals surface area (Å²) in [6.07, 6.45) is 0. The smallest absolute Gasteiger partial charge is 0.291 e. The van der Waals surface area contributed by atoms with Crippen LogP contribution in [0.5, 0.6) is 0 Å². The van der Waals surface area contributed by atoms with Crippen molar-refractivity contribution in [3.63, 3.8) is 0 Å². The number of nitrogens with one attached hydrogen (secondary N) is 1. The topological polar surface area (TPSA) is 67.2 Å². The van der Waals surface area contributed by atoms with Gasteiger partial charge in [-0.25, -0.2) is 4.98 Å². The third-order valence-corrected chi connectivity index (χ3v) is 5.28. The van der Waals surface area contributed by atoms with Crippen molar-refractivity contribution in [2.45, 2.75) is 31.3 Å². The van der Waals surface area contributed by atoms with E-state index in [1.54, 1.807) is 53.4 Å². The number of hydrogen-bond donors (Lipinski definition) is 1. The maximum absolute atomic E-state index is 12.9. The molecule has 0 radical (unpaired) electrons. The van der Waals surface area contributed by atoms with Gasteiger partial charge in [0, 0.05) is 24.3 Å². The highest BCUT2D eigenvalue weighted by Gasteiger charge is 2.18. The molecule has 0 atom stereocenters. The van der Waals surface area contributed by atoms with Crippen LogP contribution in [0.2, 0.25) is 0 Å². The molecule has 9 heteroatoms. The van der Waals surface area contributed by atoms with Gasteiger partial charge in [-0.15, -0.1) is 0 Å². The first-order valence-corrected chi connectivity index (χ1v) is 10.4. The van der Waals surface area contributed by atoms with Crippen molar-refractivity contribution in [3.8, 4) is 0 Å². The van der Waals surface area contributed by atoms with Gasteiger partial charge in [-0.3, -0.25) is 9.59 Å². The van der Waals surface area contributed by atoms with E-state index in [4.69, 9.17) is 0 Å². The second-order valence-corrected chi connectivity index (χ2v) is 7.41. The van der Waals surface area contributed by atoms with Gasteiger partial charge in [-0.05, 0) is 62.0 Å². The zero-order valence-corrected chi connectivity index (χ0v) is 17.5. The molecule has 0 saturated heterocycles. The van der Waals surface area contributed by atoms with Crippen molar-refractivity contribution in [3.05, 3.63) is 54.1 Å². The quantitative estimate of drug-likeness (QED) is 0.534. The number of imidazole rings is 1. The number of anilines is 1. The van der Waals surface area contributed by atoms with Crippen molar-refractivity contribution < 1.29 is 18.4 Å². The van der Waals surface area contributed by atoms with Crippen molar-refractivity contribution in [1.82, 2.24) is 14.5 Å². The standard InChI is InChI=1S/C21H22F2N4O2S/c1-3-26(4-2)19(29)14-9-11-15(12-10-14)24-18(28)13-27-17-8-6-5-7-16(17)25-21(27)30-20(22)23/h5-12,20H,3-4,13H2,1-2H3,(H,24,28). The van der Waals surface area contributed by atoms with Gasteiger partial charge in [-0.2, -0.15) is 8.78 Å². The van der Waals surface area contributed by atoms with Crippen LogP contribution in [0.4, 0.5) is 14.5 Å². The maximum Gasteiger partial charge on any atom is 0.291 e. The first kappa shape index (κ1) is 21.8. The maximum atomic E-state index is 12.9. The van der Waals surface area contributed by atoms with Crippen molar-refractivity contribution >= 4 is 40.3 Å². The number of hydrogen-bond acceptors (Lipinski definition) is 4. The minimum absolute atomic E-state index is 0.0728. The molecule has 3 aromatic rings. The Morgan fingerprint density at radius 3 is 2.40 bits per heavy atom. The number of thioether (sulfide) groups is 1. The summed E-state index contributed by atoms with van der Waals surface area (Å²) in [6.45, 7) is 4.90. The summed E-state index contributed by atoms with van der Waals surface area (Å²) < 4.78 is 27.3. The normalized spacial score (nSPS) is 11.1. The number of amides is 2. The largest absolute Gasteiger partial charge is 0.339 e. The summed E-state index contributed by atoms with van der Waals surface area (Å²) in [5.74, 6) is -3.09. The Balaban J connectivity index is 1.74.